The molecule has 0 aliphatic carbocycles. The molecule has 0 spiro atoms. The molecule has 0 bridgehead atoms. The van der Waals surface area contributed by atoms with Crippen molar-refractivity contribution in [2.45, 2.75) is 32.1 Å². The Morgan fingerprint density at radius 3 is 2.76 bits per heavy atom. The minimum absolute atomic E-state index is 0.536. The van der Waals surface area contributed by atoms with Gasteiger partial charge in [0.05, 0.1) is 0 Å². The summed E-state index contributed by atoms with van der Waals surface area (Å²) in [5.41, 5.74) is 1.37. The smallest absolute Gasteiger partial charge is 0.0472 e. The number of hydrogen-bond acceptors (Lipinski definition) is 1. The van der Waals surface area contributed by atoms with Gasteiger partial charge in [-0.05, 0) is 36.5 Å². The van der Waals surface area contributed by atoms with Crippen molar-refractivity contribution in [3.05, 3.63) is 34.3 Å². The van der Waals surface area contributed by atoms with Crippen LogP contribution < -0.4 is 0 Å². The van der Waals surface area contributed by atoms with Crippen LogP contribution >= 0.6 is 31.9 Å². The van der Waals surface area contributed by atoms with Crippen molar-refractivity contribution in [1.82, 2.24) is 0 Å². The lowest BCUT2D eigenvalue weighted by atomic mass is 9.98. The van der Waals surface area contributed by atoms with E-state index in [9.17, 15) is 0 Å². The first-order chi connectivity index (χ1) is 8.27. The molecule has 1 atom stereocenters. The van der Waals surface area contributed by atoms with E-state index < -0.39 is 0 Å². The van der Waals surface area contributed by atoms with Crippen LogP contribution in [0.15, 0.2) is 28.7 Å². The van der Waals surface area contributed by atoms with Gasteiger partial charge in [-0.15, -0.1) is 0 Å². The predicted octanol–water partition coefficient (Wildman–Crippen LogP) is 5.13. The van der Waals surface area contributed by atoms with Crippen molar-refractivity contribution >= 4 is 31.9 Å². The molecular weight excluding hydrogens is 344 g/mol. The van der Waals surface area contributed by atoms with E-state index >= 15 is 0 Å². The number of halogens is 2. The van der Waals surface area contributed by atoms with Crippen LogP contribution in [-0.4, -0.2) is 18.5 Å². The summed E-state index contributed by atoms with van der Waals surface area (Å²) in [4.78, 5) is 0. The maximum absolute atomic E-state index is 5.63. The zero-order chi connectivity index (χ0) is 12.5. The van der Waals surface area contributed by atoms with Gasteiger partial charge in [0.2, 0.25) is 0 Å². The van der Waals surface area contributed by atoms with E-state index in [-0.39, 0.29) is 0 Å². The predicted molar refractivity (Wildman–Crippen MR) is 81.0 cm³/mol. The van der Waals surface area contributed by atoms with Crippen molar-refractivity contribution < 1.29 is 4.74 Å². The van der Waals surface area contributed by atoms with E-state index in [0.717, 1.165) is 35.9 Å². The highest BCUT2D eigenvalue weighted by Crippen LogP contribution is 2.24. The average molecular weight is 364 g/mol. The molecule has 17 heavy (non-hydrogen) atoms. The third-order valence-corrected chi connectivity index (χ3v) is 4.03. The standard InChI is InChI=1S/C14H20Br2O/c1-2-3-8-17-9-7-13(11-15)12-5-4-6-14(16)10-12/h4-6,10,13H,2-3,7-9,11H2,1H3. The van der Waals surface area contributed by atoms with Gasteiger partial charge in [0.25, 0.3) is 0 Å². The first kappa shape index (κ1) is 15.2. The lowest BCUT2D eigenvalue weighted by Crippen LogP contribution is -2.06. The SMILES string of the molecule is CCCCOCCC(CBr)c1cccc(Br)c1. The van der Waals surface area contributed by atoms with Crippen molar-refractivity contribution in [2.75, 3.05) is 18.5 Å². The van der Waals surface area contributed by atoms with Crippen LogP contribution in [0.2, 0.25) is 0 Å². The highest BCUT2D eigenvalue weighted by molar-refractivity contribution is 9.10. The Morgan fingerprint density at radius 2 is 2.12 bits per heavy atom. The lowest BCUT2D eigenvalue weighted by Gasteiger charge is -2.15. The van der Waals surface area contributed by atoms with Crippen LogP contribution in [0, 0.1) is 0 Å². The van der Waals surface area contributed by atoms with Crippen LogP contribution in [-0.2, 0) is 4.74 Å². The van der Waals surface area contributed by atoms with E-state index in [0.29, 0.717) is 5.92 Å². The number of rotatable bonds is 8. The summed E-state index contributed by atoms with van der Waals surface area (Å²) in [6.07, 6.45) is 3.44. The Kier molecular flexibility index (Phi) is 8.15. The van der Waals surface area contributed by atoms with Gasteiger partial charge >= 0.3 is 0 Å². The summed E-state index contributed by atoms with van der Waals surface area (Å²) in [5, 5.41) is 0.987. The number of ether oxygens (including phenoxy) is 1. The number of unbranched alkanes of at least 4 members (excludes halogenated alkanes) is 1. The molecule has 0 heterocycles. The average Bonchev–Trinajstić information content (AvgIpc) is 2.34. The molecule has 0 saturated heterocycles. The Labute approximate surface area is 121 Å². The number of hydrogen-bond donors (Lipinski definition) is 0. The fraction of sp³-hybridized carbons (Fsp3) is 0.571. The van der Waals surface area contributed by atoms with Gasteiger partial charge in [-0.1, -0.05) is 57.3 Å². The molecule has 0 fully saturated rings. The first-order valence-corrected chi connectivity index (χ1v) is 8.08. The Hall–Kier alpha value is 0.140. The molecule has 0 radical (unpaired) electrons. The van der Waals surface area contributed by atoms with Gasteiger partial charge in [0.1, 0.15) is 0 Å². The third-order valence-electron chi connectivity index (χ3n) is 2.76. The first-order valence-electron chi connectivity index (χ1n) is 6.17. The lowest BCUT2D eigenvalue weighted by molar-refractivity contribution is 0.125. The van der Waals surface area contributed by atoms with Crippen LogP contribution in [0.3, 0.4) is 0 Å². The zero-order valence-corrected chi connectivity index (χ0v) is 13.5. The molecule has 0 aliphatic rings. The second-order valence-corrected chi connectivity index (χ2v) is 5.72. The van der Waals surface area contributed by atoms with Crippen molar-refractivity contribution in [3.8, 4) is 0 Å². The quantitative estimate of drug-likeness (QED) is 0.459. The monoisotopic (exact) mass is 362 g/mol. The molecule has 0 aliphatic heterocycles. The molecule has 1 aromatic carbocycles. The summed E-state index contributed by atoms with van der Waals surface area (Å²) in [6, 6.07) is 8.53. The summed E-state index contributed by atoms with van der Waals surface area (Å²) in [6.45, 7) is 3.93. The second-order valence-electron chi connectivity index (χ2n) is 4.16. The molecular formula is C14H20Br2O. The summed E-state index contributed by atoms with van der Waals surface area (Å²) in [5.74, 6) is 0.536. The van der Waals surface area contributed by atoms with Crippen LogP contribution in [0.4, 0.5) is 0 Å². The maximum Gasteiger partial charge on any atom is 0.0472 e. The van der Waals surface area contributed by atoms with Crippen molar-refractivity contribution in [1.29, 1.82) is 0 Å². The largest absolute Gasteiger partial charge is 0.381 e. The van der Waals surface area contributed by atoms with Crippen LogP contribution in [0.5, 0.6) is 0 Å². The third kappa shape index (κ3) is 6.03. The molecule has 0 N–H and O–H groups in total. The van der Waals surface area contributed by atoms with Crippen molar-refractivity contribution in [2.24, 2.45) is 0 Å². The molecule has 1 unspecified atom stereocenters. The fourth-order valence-corrected chi connectivity index (χ4v) is 2.78. The van der Waals surface area contributed by atoms with E-state index in [1.807, 2.05) is 0 Å². The topological polar surface area (TPSA) is 9.23 Å². The van der Waals surface area contributed by atoms with E-state index in [4.69, 9.17) is 4.74 Å². The molecule has 1 nitrogen and oxygen atoms in total. The molecule has 96 valence electrons. The van der Waals surface area contributed by atoms with Gasteiger partial charge in [-0.25, -0.2) is 0 Å². The highest BCUT2D eigenvalue weighted by atomic mass is 79.9. The second kappa shape index (κ2) is 9.12. The number of alkyl halides is 1. The minimum Gasteiger partial charge on any atom is -0.381 e. The Balaban J connectivity index is 2.38. The fourth-order valence-electron chi connectivity index (χ4n) is 1.67. The normalized spacial score (nSPS) is 12.6. The van der Waals surface area contributed by atoms with Crippen LogP contribution in [0.1, 0.15) is 37.7 Å². The molecule has 0 amide bonds. The Bertz CT molecular complexity index is 315. The highest BCUT2D eigenvalue weighted by Gasteiger charge is 2.10. The van der Waals surface area contributed by atoms with Gasteiger partial charge in [-0.2, -0.15) is 0 Å². The molecule has 1 rings (SSSR count). The molecule has 3 heteroatoms. The molecule has 0 aromatic heterocycles. The minimum atomic E-state index is 0.536. The van der Waals surface area contributed by atoms with E-state index in [1.54, 1.807) is 0 Å². The van der Waals surface area contributed by atoms with Gasteiger partial charge in [-0.3, -0.25) is 0 Å². The summed E-state index contributed by atoms with van der Waals surface area (Å²) < 4.78 is 6.77. The number of benzene rings is 1. The molecule has 1 aromatic rings. The van der Waals surface area contributed by atoms with E-state index in [1.165, 1.54) is 12.0 Å². The Morgan fingerprint density at radius 1 is 1.29 bits per heavy atom. The van der Waals surface area contributed by atoms with Crippen LogP contribution in [0.25, 0.3) is 0 Å². The maximum atomic E-state index is 5.63. The van der Waals surface area contributed by atoms with Gasteiger partial charge < -0.3 is 4.74 Å². The van der Waals surface area contributed by atoms with Gasteiger partial charge in [0.15, 0.2) is 0 Å². The summed E-state index contributed by atoms with van der Waals surface area (Å²) >= 11 is 7.10. The summed E-state index contributed by atoms with van der Waals surface area (Å²) in [7, 11) is 0. The van der Waals surface area contributed by atoms with Gasteiger partial charge in [0, 0.05) is 23.0 Å². The van der Waals surface area contributed by atoms with Crippen molar-refractivity contribution in [3.63, 3.8) is 0 Å². The molecule has 0 saturated carbocycles. The zero-order valence-electron chi connectivity index (χ0n) is 10.3. The van der Waals surface area contributed by atoms with E-state index in [2.05, 4.69) is 63.0 Å².